The molecule has 5 heteroatoms. The number of thiophene rings is 1. The van der Waals surface area contributed by atoms with Gasteiger partial charge < -0.3 is 10.3 Å². The predicted octanol–water partition coefficient (Wildman–Crippen LogP) is 4.05. The monoisotopic (exact) mass is 303 g/mol. The first-order valence-electron chi connectivity index (χ1n) is 7.17. The maximum atomic E-state index is 13.3. The van der Waals surface area contributed by atoms with Gasteiger partial charge in [0.15, 0.2) is 0 Å². The van der Waals surface area contributed by atoms with Gasteiger partial charge in [-0.15, -0.1) is 11.3 Å². The van der Waals surface area contributed by atoms with Gasteiger partial charge in [0.25, 0.3) is 0 Å². The molecular formula is C16H18FN3S. The molecule has 0 fully saturated rings. The van der Waals surface area contributed by atoms with Gasteiger partial charge in [-0.2, -0.15) is 0 Å². The number of fused-ring (bicyclic) bond motifs is 1. The number of imidazole rings is 1. The maximum absolute atomic E-state index is 13.3. The molecule has 3 nitrogen and oxygen atoms in total. The topological polar surface area (TPSA) is 40.7 Å². The summed E-state index contributed by atoms with van der Waals surface area (Å²) >= 11 is 1.65. The van der Waals surface area contributed by atoms with Crippen LogP contribution >= 0.6 is 11.3 Å². The first-order chi connectivity index (χ1) is 10.3. The molecule has 1 aromatic carbocycles. The van der Waals surface area contributed by atoms with Crippen molar-refractivity contribution in [3.8, 4) is 0 Å². The fourth-order valence-electron chi connectivity index (χ4n) is 2.39. The molecule has 0 aliphatic carbocycles. The molecule has 3 rings (SSSR count). The summed E-state index contributed by atoms with van der Waals surface area (Å²) in [6.45, 7) is 3.10. The van der Waals surface area contributed by atoms with Gasteiger partial charge in [0.05, 0.1) is 0 Å². The first-order valence-corrected chi connectivity index (χ1v) is 7.98. The Morgan fingerprint density at radius 2 is 2.29 bits per heavy atom. The van der Waals surface area contributed by atoms with Crippen molar-refractivity contribution in [2.24, 2.45) is 0 Å². The third-order valence-electron chi connectivity index (χ3n) is 3.44. The Morgan fingerprint density at radius 3 is 3.05 bits per heavy atom. The third-order valence-corrected chi connectivity index (χ3v) is 4.65. The number of hydrogen-bond acceptors (Lipinski definition) is 3. The van der Waals surface area contributed by atoms with Crippen LogP contribution in [-0.2, 0) is 6.42 Å². The van der Waals surface area contributed by atoms with Crippen LogP contribution in [0.3, 0.4) is 0 Å². The Morgan fingerprint density at radius 1 is 1.38 bits per heavy atom. The van der Waals surface area contributed by atoms with Gasteiger partial charge in [-0.1, -0.05) is 13.0 Å². The summed E-state index contributed by atoms with van der Waals surface area (Å²) in [7, 11) is 0. The fourth-order valence-corrected chi connectivity index (χ4v) is 3.56. The summed E-state index contributed by atoms with van der Waals surface area (Å²) in [5.41, 5.74) is 0. The first kappa shape index (κ1) is 14.2. The van der Waals surface area contributed by atoms with Crippen LogP contribution in [-0.4, -0.2) is 16.5 Å². The molecule has 1 atom stereocenters. The zero-order chi connectivity index (χ0) is 14.7. The van der Waals surface area contributed by atoms with Gasteiger partial charge >= 0.3 is 0 Å². The molecular weight excluding hydrogens is 285 g/mol. The molecule has 0 saturated carbocycles. The van der Waals surface area contributed by atoms with E-state index in [4.69, 9.17) is 0 Å². The summed E-state index contributed by atoms with van der Waals surface area (Å²) < 4.78 is 14.3. The number of nitrogens with one attached hydrogen (secondary N) is 2. The van der Waals surface area contributed by atoms with Crippen molar-refractivity contribution >= 4 is 21.4 Å². The standard InChI is InChI=1S/C16H18FN3S/c1-2-5-18-13(10-16-19-6-7-20-16)15-8-11-3-4-12(17)9-14(11)21-15/h3-4,6-9,13,18H,2,5,10H2,1H3,(H,19,20). The Bertz CT molecular complexity index is 705. The number of H-pyrrole nitrogens is 1. The molecule has 21 heavy (non-hydrogen) atoms. The summed E-state index contributed by atoms with van der Waals surface area (Å²) in [6, 6.07) is 7.31. The van der Waals surface area contributed by atoms with Crippen molar-refractivity contribution in [2.45, 2.75) is 25.8 Å². The highest BCUT2D eigenvalue weighted by Crippen LogP contribution is 2.31. The van der Waals surface area contributed by atoms with E-state index in [0.717, 1.165) is 35.3 Å². The van der Waals surface area contributed by atoms with Gasteiger partial charge in [-0.05, 0) is 36.6 Å². The van der Waals surface area contributed by atoms with E-state index in [9.17, 15) is 4.39 Å². The van der Waals surface area contributed by atoms with Crippen LogP contribution in [0.1, 0.15) is 30.1 Å². The lowest BCUT2D eigenvalue weighted by molar-refractivity contribution is 0.527. The smallest absolute Gasteiger partial charge is 0.124 e. The molecule has 110 valence electrons. The molecule has 0 bridgehead atoms. The van der Waals surface area contributed by atoms with Crippen molar-refractivity contribution in [1.82, 2.24) is 15.3 Å². The summed E-state index contributed by atoms with van der Waals surface area (Å²) in [5.74, 6) is 0.784. The van der Waals surface area contributed by atoms with Crippen molar-refractivity contribution in [2.75, 3.05) is 6.54 Å². The van der Waals surface area contributed by atoms with E-state index in [1.807, 2.05) is 12.3 Å². The van der Waals surface area contributed by atoms with Crippen molar-refractivity contribution < 1.29 is 4.39 Å². The number of rotatable bonds is 6. The Balaban J connectivity index is 1.89. The largest absolute Gasteiger partial charge is 0.349 e. The van der Waals surface area contributed by atoms with E-state index < -0.39 is 0 Å². The third kappa shape index (κ3) is 3.31. The van der Waals surface area contributed by atoms with E-state index in [2.05, 4.69) is 28.3 Å². The highest BCUT2D eigenvalue weighted by Gasteiger charge is 2.16. The average molecular weight is 303 g/mol. The van der Waals surface area contributed by atoms with E-state index in [1.54, 1.807) is 23.6 Å². The highest BCUT2D eigenvalue weighted by atomic mass is 32.1. The van der Waals surface area contributed by atoms with Crippen LogP contribution in [0.5, 0.6) is 0 Å². The molecule has 0 radical (unpaired) electrons. The number of aromatic nitrogens is 2. The molecule has 1 unspecified atom stereocenters. The normalized spacial score (nSPS) is 12.9. The van der Waals surface area contributed by atoms with Crippen molar-refractivity contribution in [3.63, 3.8) is 0 Å². The van der Waals surface area contributed by atoms with Crippen molar-refractivity contribution in [3.05, 3.63) is 53.2 Å². The number of benzene rings is 1. The predicted molar refractivity (Wildman–Crippen MR) is 85.1 cm³/mol. The second kappa shape index (κ2) is 6.37. The molecule has 3 aromatic rings. The van der Waals surface area contributed by atoms with E-state index >= 15 is 0 Å². The molecule has 0 saturated heterocycles. The minimum atomic E-state index is -0.181. The van der Waals surface area contributed by atoms with Crippen molar-refractivity contribution in [1.29, 1.82) is 0 Å². The lowest BCUT2D eigenvalue weighted by atomic mass is 10.1. The lowest BCUT2D eigenvalue weighted by Crippen LogP contribution is -2.23. The molecule has 2 heterocycles. The number of halogens is 1. The van der Waals surface area contributed by atoms with Crippen LogP contribution in [0.25, 0.3) is 10.1 Å². The molecule has 2 aromatic heterocycles. The second-order valence-electron chi connectivity index (χ2n) is 5.08. The van der Waals surface area contributed by atoms with Crippen LogP contribution in [0.2, 0.25) is 0 Å². The second-order valence-corrected chi connectivity index (χ2v) is 6.19. The average Bonchev–Trinajstić information content (AvgIpc) is 3.11. The van der Waals surface area contributed by atoms with E-state index in [1.165, 1.54) is 10.9 Å². The molecule has 2 N–H and O–H groups in total. The van der Waals surface area contributed by atoms with Crippen LogP contribution < -0.4 is 5.32 Å². The Kier molecular flexibility index (Phi) is 4.31. The maximum Gasteiger partial charge on any atom is 0.124 e. The lowest BCUT2D eigenvalue weighted by Gasteiger charge is -2.15. The molecule has 0 aliphatic rings. The van der Waals surface area contributed by atoms with Gasteiger partial charge in [0, 0.05) is 34.4 Å². The van der Waals surface area contributed by atoms with Gasteiger partial charge in [0.2, 0.25) is 0 Å². The summed E-state index contributed by atoms with van der Waals surface area (Å²) in [6.07, 6.45) is 5.50. The zero-order valence-corrected chi connectivity index (χ0v) is 12.7. The molecule has 0 spiro atoms. The zero-order valence-electron chi connectivity index (χ0n) is 11.9. The molecule has 0 aliphatic heterocycles. The molecule has 0 amide bonds. The number of nitrogens with zero attached hydrogens (tertiary/aromatic N) is 1. The highest BCUT2D eigenvalue weighted by molar-refractivity contribution is 7.19. The van der Waals surface area contributed by atoms with Gasteiger partial charge in [-0.3, -0.25) is 0 Å². The number of hydrogen-bond donors (Lipinski definition) is 2. The van der Waals surface area contributed by atoms with E-state index in [-0.39, 0.29) is 11.9 Å². The number of aromatic amines is 1. The summed E-state index contributed by atoms with van der Waals surface area (Å²) in [4.78, 5) is 8.68. The minimum Gasteiger partial charge on any atom is -0.349 e. The Labute approximate surface area is 127 Å². The Hall–Kier alpha value is -1.72. The fraction of sp³-hybridized carbons (Fsp3) is 0.312. The van der Waals surface area contributed by atoms with Gasteiger partial charge in [0.1, 0.15) is 11.6 Å². The van der Waals surface area contributed by atoms with Crippen LogP contribution in [0.4, 0.5) is 4.39 Å². The van der Waals surface area contributed by atoms with Crippen LogP contribution in [0.15, 0.2) is 36.7 Å². The quantitative estimate of drug-likeness (QED) is 0.721. The van der Waals surface area contributed by atoms with E-state index in [0.29, 0.717) is 0 Å². The summed E-state index contributed by atoms with van der Waals surface area (Å²) in [5, 5.41) is 4.65. The SMILES string of the molecule is CCCNC(Cc1ncc[nH]1)c1cc2ccc(F)cc2s1. The van der Waals surface area contributed by atoms with Gasteiger partial charge in [-0.25, -0.2) is 9.37 Å². The minimum absolute atomic E-state index is 0.181. The van der Waals surface area contributed by atoms with Crippen LogP contribution in [0, 0.1) is 5.82 Å².